The van der Waals surface area contributed by atoms with Gasteiger partial charge >= 0.3 is 0 Å². The molecule has 1 aliphatic heterocycles. The summed E-state index contributed by atoms with van der Waals surface area (Å²) in [4.78, 5) is 171. The molecule has 0 unspecified atom stereocenters. The minimum Gasteiger partial charge on any atom is -0.399 e. The number of nitrogen functional groups attached to an aromatic ring is 1. The molecule has 0 saturated carbocycles. The predicted octanol–water partition coefficient (Wildman–Crippen LogP) is 7.65. The van der Waals surface area contributed by atoms with Gasteiger partial charge in [0.05, 0.1) is 24.7 Å². The van der Waals surface area contributed by atoms with Gasteiger partial charge in [0.2, 0.25) is 47.3 Å². The van der Waals surface area contributed by atoms with Crippen LogP contribution in [0.25, 0.3) is 5.57 Å². The lowest BCUT2D eigenvalue weighted by atomic mass is 9.84. The molecule has 1 aromatic rings. The third-order valence-corrected chi connectivity index (χ3v) is 18.5. The van der Waals surface area contributed by atoms with E-state index in [1.807, 2.05) is 80.5 Å². The number of aliphatic hydroxyl groups excluding tert-OH is 1. The first kappa shape index (κ1) is 81.6. The van der Waals surface area contributed by atoms with E-state index in [0.717, 1.165) is 16.0 Å². The molecule has 0 aliphatic carbocycles. The molecule has 2 rings (SSSR count). The van der Waals surface area contributed by atoms with Gasteiger partial charge in [-0.2, -0.15) is 0 Å². The molecular formula is C71H119N9O12. The molecule has 4 N–H and O–H groups in total. The Balaban J connectivity index is 3.01. The van der Waals surface area contributed by atoms with Gasteiger partial charge in [0.15, 0.2) is 17.3 Å². The number of carbonyl (C=O) groups is 11. The summed E-state index contributed by atoms with van der Waals surface area (Å²) < 4.78 is 0. The molecule has 21 nitrogen and oxygen atoms in total. The average molecular weight is 1290 g/mol. The fourth-order valence-corrected chi connectivity index (χ4v) is 12.4. The Morgan fingerprint density at radius 1 is 0.533 bits per heavy atom. The summed E-state index contributed by atoms with van der Waals surface area (Å²) in [5, 5.41) is 15.3. The van der Waals surface area contributed by atoms with E-state index in [1.165, 1.54) is 85.7 Å². The fourth-order valence-electron chi connectivity index (χ4n) is 12.4. The third-order valence-electron chi connectivity index (χ3n) is 18.5. The van der Waals surface area contributed by atoms with Crippen molar-refractivity contribution in [1.82, 2.24) is 39.6 Å². The van der Waals surface area contributed by atoms with Crippen LogP contribution in [0.15, 0.2) is 30.3 Å². The molecule has 0 spiro atoms. The van der Waals surface area contributed by atoms with Gasteiger partial charge in [-0.3, -0.25) is 52.7 Å². The highest BCUT2D eigenvalue weighted by Crippen LogP contribution is 2.30. The number of amides is 8. The highest BCUT2D eigenvalue weighted by Gasteiger charge is 2.46. The van der Waals surface area contributed by atoms with Crippen LogP contribution in [0.3, 0.4) is 0 Å². The van der Waals surface area contributed by atoms with Crippen molar-refractivity contribution in [2.45, 2.75) is 224 Å². The van der Waals surface area contributed by atoms with Gasteiger partial charge in [-0.1, -0.05) is 122 Å². The molecule has 0 aromatic heterocycles. The number of carbonyl (C=O) groups excluding carboxylic acids is 11. The van der Waals surface area contributed by atoms with Crippen molar-refractivity contribution in [3.63, 3.8) is 0 Å². The van der Waals surface area contributed by atoms with E-state index in [1.54, 1.807) is 60.6 Å². The van der Waals surface area contributed by atoms with Crippen LogP contribution >= 0.6 is 0 Å². The topological polar surface area (TPSA) is 269 Å². The lowest BCUT2D eigenvalue weighted by Crippen LogP contribution is -2.61. The Morgan fingerprint density at radius 2 is 0.967 bits per heavy atom. The van der Waals surface area contributed by atoms with E-state index in [0.29, 0.717) is 5.69 Å². The number of likely N-dealkylation sites (N-methyl/N-ethyl adjacent to an activating group) is 7. The van der Waals surface area contributed by atoms with Crippen molar-refractivity contribution in [2.75, 3.05) is 61.6 Å². The number of benzene rings is 1. The van der Waals surface area contributed by atoms with Gasteiger partial charge in [-0.15, -0.1) is 0 Å². The Labute approximate surface area is 551 Å². The monoisotopic (exact) mass is 1290 g/mol. The maximum atomic E-state index is 15.4. The minimum absolute atomic E-state index is 0.0727. The Kier molecular flexibility index (Phi) is 32.6. The van der Waals surface area contributed by atoms with Crippen LogP contribution in [-0.4, -0.2) is 208 Å². The number of ketones is 3. The SMILES string of the molecule is CC[C@@H]1CC(=O)[C@H]([C@H](O)[C@H](C)C/C=C(/C)c2ccc(N)cc2)N(C)C(=O)[C@H](C(C)C)N(C)C(=O)[C@H](CC(C)C)N(C)C(=O)[C@H](CC(C)C)N(C)C(=O)[C@@H](C)NC(=O)[C@H](C)CC(=O)[C@H](CC(C)C)N(C)C(=O)[C@H](C(C)C)CC(=O)[C@H](CC(C)C)N(C)C(=O)CN(C)C1=O. The highest BCUT2D eigenvalue weighted by molar-refractivity contribution is 5.99. The van der Waals surface area contributed by atoms with E-state index in [4.69, 9.17) is 5.73 Å². The summed E-state index contributed by atoms with van der Waals surface area (Å²) in [6.45, 7) is 30.2. The molecule has 0 bridgehead atoms. The Morgan fingerprint density at radius 3 is 1.43 bits per heavy atom. The lowest BCUT2D eigenvalue weighted by molar-refractivity contribution is -0.157. The van der Waals surface area contributed by atoms with Crippen LogP contribution in [0.1, 0.15) is 181 Å². The first-order chi connectivity index (χ1) is 42.5. The molecule has 1 heterocycles. The fraction of sp³-hybridized carbons (Fsp3) is 0.732. The quantitative estimate of drug-likeness (QED) is 0.134. The molecule has 1 aromatic carbocycles. The summed E-state index contributed by atoms with van der Waals surface area (Å²) in [7, 11) is 10.2. The van der Waals surface area contributed by atoms with Crippen LogP contribution in [0, 0.1) is 59.2 Å². The Hall–Kier alpha value is -6.51. The van der Waals surface area contributed by atoms with Gasteiger partial charge in [0.25, 0.3) is 0 Å². The zero-order valence-electron chi connectivity index (χ0n) is 60.5. The van der Waals surface area contributed by atoms with Crippen LogP contribution in [0.2, 0.25) is 0 Å². The first-order valence-corrected chi connectivity index (χ1v) is 33.5. The van der Waals surface area contributed by atoms with Crippen molar-refractivity contribution < 1.29 is 57.8 Å². The maximum absolute atomic E-state index is 15.4. The van der Waals surface area contributed by atoms with Crippen molar-refractivity contribution in [2.24, 2.45) is 59.2 Å². The van der Waals surface area contributed by atoms with Crippen LogP contribution in [0.4, 0.5) is 5.69 Å². The summed E-state index contributed by atoms with van der Waals surface area (Å²) >= 11 is 0. The molecule has 92 heavy (non-hydrogen) atoms. The van der Waals surface area contributed by atoms with Crippen molar-refractivity contribution >= 4 is 75.9 Å². The second-order valence-corrected chi connectivity index (χ2v) is 29.0. The summed E-state index contributed by atoms with van der Waals surface area (Å²) in [6.07, 6.45) is 0.597. The number of nitrogens with two attached hydrogens (primary N) is 1. The molecular weight excluding hydrogens is 1170 g/mol. The third kappa shape index (κ3) is 22.6. The van der Waals surface area contributed by atoms with E-state index in [-0.39, 0.29) is 80.8 Å². The molecule has 12 atom stereocenters. The highest BCUT2D eigenvalue weighted by atomic mass is 16.3. The molecule has 1 aliphatic rings. The molecule has 520 valence electrons. The second-order valence-electron chi connectivity index (χ2n) is 29.0. The molecule has 21 heteroatoms. The number of allylic oxidation sites excluding steroid dienone is 2. The first-order valence-electron chi connectivity index (χ1n) is 33.5. The number of aliphatic hydroxyl groups is 1. The normalized spacial score (nSPS) is 26.1. The van der Waals surface area contributed by atoms with Crippen LogP contribution < -0.4 is 11.1 Å². The average Bonchev–Trinajstić information content (AvgIpc) is 0.816. The van der Waals surface area contributed by atoms with Gasteiger partial charge in [-0.05, 0) is 117 Å². The summed E-state index contributed by atoms with van der Waals surface area (Å²) in [6, 6.07) is -0.969. The lowest BCUT2D eigenvalue weighted by Gasteiger charge is -2.41. The number of anilines is 1. The number of nitrogens with zero attached hydrogens (tertiary/aromatic N) is 7. The molecule has 8 amide bonds. The van der Waals surface area contributed by atoms with E-state index >= 15 is 19.2 Å². The van der Waals surface area contributed by atoms with E-state index in [9.17, 15) is 38.7 Å². The number of Topliss-reactive ketones (excluding diaryl/α,β-unsaturated/α-hetero) is 3. The van der Waals surface area contributed by atoms with Crippen molar-refractivity contribution in [1.29, 1.82) is 0 Å². The van der Waals surface area contributed by atoms with E-state index < -0.39 is 156 Å². The number of nitrogens with one attached hydrogen (secondary N) is 1. The largest absolute Gasteiger partial charge is 0.399 e. The van der Waals surface area contributed by atoms with Gasteiger partial charge < -0.3 is 50.5 Å². The minimum atomic E-state index is -1.55. The zero-order chi connectivity index (χ0) is 70.8. The van der Waals surface area contributed by atoms with E-state index in [2.05, 4.69) is 5.32 Å². The second kappa shape index (κ2) is 36.8. The van der Waals surface area contributed by atoms with Gasteiger partial charge in [0, 0.05) is 92.0 Å². The molecule has 1 fully saturated rings. The van der Waals surface area contributed by atoms with Crippen LogP contribution in [0.5, 0.6) is 0 Å². The number of hydrogen-bond acceptors (Lipinski definition) is 13. The maximum Gasteiger partial charge on any atom is 0.246 e. The van der Waals surface area contributed by atoms with Crippen LogP contribution in [-0.2, 0) is 52.7 Å². The zero-order valence-corrected chi connectivity index (χ0v) is 60.5. The summed E-state index contributed by atoms with van der Waals surface area (Å²) in [5.74, 6) is -11.1. The molecule has 1 saturated heterocycles. The standard InChI is InChI=1S/C71H119N9O12/c1-25-50-37-60(83)63(64(85)47(15)27-26-46(14)51-28-30-52(72)31-29-51)80(24)71(92)62(45(12)13)79(23)70(91)57(35-43(8)9)78(22)69(90)56(34-42(6)7)77(21)66(87)49(17)73-65(86)48(16)36-58(81)55(33-41(4)5)76(20)68(89)53(44(10)11)38-59(82)54(32-40(2)3)75(19)61(84)39-74(18)67(50)88/h26,28-31,40-45,47-50,53-57,62-64,85H,25,27,32-39,72H2,1-24H3,(H,73,86)/b46-26-/t47-,48-,49-,50-,53+,54+,55+,56+,57+,62+,63-,64-/m1/s1. The van der Waals surface area contributed by atoms with Gasteiger partial charge in [0.1, 0.15) is 30.2 Å². The predicted molar refractivity (Wildman–Crippen MR) is 362 cm³/mol. The van der Waals surface area contributed by atoms with Gasteiger partial charge in [-0.25, -0.2) is 0 Å². The number of rotatable bonds is 16. The van der Waals surface area contributed by atoms with Crippen molar-refractivity contribution in [3.05, 3.63) is 35.9 Å². The van der Waals surface area contributed by atoms with Crippen molar-refractivity contribution in [3.8, 4) is 0 Å². The molecule has 0 radical (unpaired) electrons. The Bertz CT molecular complexity index is 2720. The summed E-state index contributed by atoms with van der Waals surface area (Å²) in [5.41, 5.74) is 8.31. The smallest absolute Gasteiger partial charge is 0.246 e. The number of hydrogen-bond donors (Lipinski definition) is 3.